The fourth-order valence-corrected chi connectivity index (χ4v) is 2.57. The zero-order valence-corrected chi connectivity index (χ0v) is 14.1. The molecule has 0 fully saturated rings. The third-order valence-electron chi connectivity index (χ3n) is 3.97. The number of nitrogens with zero attached hydrogens (tertiary/aromatic N) is 1. The van der Waals surface area contributed by atoms with E-state index in [-0.39, 0.29) is 12.4 Å². The lowest BCUT2D eigenvalue weighted by Crippen LogP contribution is -2.10. The van der Waals surface area contributed by atoms with Gasteiger partial charge in [-0.25, -0.2) is 9.18 Å². The predicted molar refractivity (Wildman–Crippen MR) is 93.4 cm³/mol. The number of aryl methyl sites for hydroxylation is 1. The number of methoxy groups -OCH3 is 1. The standard InChI is InChI=1S/C20H18FNO3/c1-13-18(11-15-5-6-16(21)12-19(15)22-13)20(23)25-10-9-14-3-7-17(24-2)8-4-14/h3-8,11-12H,9-10H2,1-2H3. The van der Waals surface area contributed by atoms with Gasteiger partial charge >= 0.3 is 5.97 Å². The van der Waals surface area contributed by atoms with Crippen LogP contribution in [0.25, 0.3) is 10.9 Å². The SMILES string of the molecule is COc1ccc(CCOC(=O)c2cc3ccc(F)cc3nc2C)cc1. The zero-order chi connectivity index (χ0) is 17.8. The number of esters is 1. The first kappa shape index (κ1) is 16.9. The van der Waals surface area contributed by atoms with E-state index >= 15 is 0 Å². The van der Waals surface area contributed by atoms with Gasteiger partial charge in [-0.3, -0.25) is 4.98 Å². The van der Waals surface area contributed by atoms with Crippen molar-refractivity contribution in [2.75, 3.05) is 13.7 Å². The van der Waals surface area contributed by atoms with Gasteiger partial charge in [-0.15, -0.1) is 0 Å². The summed E-state index contributed by atoms with van der Waals surface area (Å²) in [6.45, 7) is 1.98. The molecule has 25 heavy (non-hydrogen) atoms. The van der Waals surface area contributed by atoms with Crippen LogP contribution in [0.3, 0.4) is 0 Å². The molecular weight excluding hydrogens is 321 g/mol. The summed E-state index contributed by atoms with van der Waals surface area (Å²) in [6.07, 6.45) is 0.612. The molecule has 0 aliphatic carbocycles. The van der Waals surface area contributed by atoms with Crippen molar-refractivity contribution in [1.82, 2.24) is 4.98 Å². The van der Waals surface area contributed by atoms with Crippen LogP contribution in [0.1, 0.15) is 21.6 Å². The molecule has 0 unspecified atom stereocenters. The van der Waals surface area contributed by atoms with Crippen molar-refractivity contribution in [2.24, 2.45) is 0 Å². The van der Waals surface area contributed by atoms with Gasteiger partial charge in [0.1, 0.15) is 11.6 Å². The zero-order valence-electron chi connectivity index (χ0n) is 14.1. The molecule has 0 atom stereocenters. The Bertz CT molecular complexity index is 907. The smallest absolute Gasteiger partial charge is 0.340 e. The van der Waals surface area contributed by atoms with Gasteiger partial charge in [0.15, 0.2) is 0 Å². The Morgan fingerprint density at radius 3 is 2.60 bits per heavy atom. The van der Waals surface area contributed by atoms with Gasteiger partial charge in [-0.05, 0) is 42.8 Å². The number of hydrogen-bond acceptors (Lipinski definition) is 4. The van der Waals surface area contributed by atoms with Gasteiger partial charge in [-0.1, -0.05) is 12.1 Å². The maximum absolute atomic E-state index is 13.3. The maximum atomic E-state index is 13.3. The van der Waals surface area contributed by atoms with Crippen LogP contribution >= 0.6 is 0 Å². The van der Waals surface area contributed by atoms with Crippen LogP contribution < -0.4 is 4.74 Å². The van der Waals surface area contributed by atoms with Crippen molar-refractivity contribution >= 4 is 16.9 Å². The summed E-state index contributed by atoms with van der Waals surface area (Å²) in [6, 6.07) is 13.6. The fourth-order valence-electron chi connectivity index (χ4n) is 2.57. The van der Waals surface area contributed by atoms with Crippen LogP contribution in [0.5, 0.6) is 5.75 Å². The van der Waals surface area contributed by atoms with Crippen LogP contribution in [0, 0.1) is 12.7 Å². The summed E-state index contributed by atoms with van der Waals surface area (Å²) in [5.41, 5.74) is 2.49. The number of benzene rings is 2. The molecule has 1 heterocycles. The summed E-state index contributed by atoms with van der Waals surface area (Å²) in [5.74, 6) is 0.00833. The molecule has 5 heteroatoms. The summed E-state index contributed by atoms with van der Waals surface area (Å²) in [5, 5.41) is 0.703. The highest BCUT2D eigenvalue weighted by Crippen LogP contribution is 2.19. The Labute approximate surface area is 145 Å². The Morgan fingerprint density at radius 1 is 1.12 bits per heavy atom. The lowest BCUT2D eigenvalue weighted by atomic mass is 10.1. The van der Waals surface area contributed by atoms with Crippen molar-refractivity contribution in [3.05, 3.63) is 71.2 Å². The molecule has 0 saturated heterocycles. The van der Waals surface area contributed by atoms with Crippen LogP contribution in [0.2, 0.25) is 0 Å². The summed E-state index contributed by atoms with van der Waals surface area (Å²) < 4.78 is 23.7. The average molecular weight is 339 g/mol. The second kappa shape index (κ2) is 7.30. The number of aromatic nitrogens is 1. The molecule has 0 N–H and O–H groups in total. The van der Waals surface area contributed by atoms with Crippen LogP contribution in [-0.4, -0.2) is 24.7 Å². The van der Waals surface area contributed by atoms with Crippen LogP contribution in [0.4, 0.5) is 4.39 Å². The van der Waals surface area contributed by atoms with E-state index in [1.54, 1.807) is 26.2 Å². The van der Waals surface area contributed by atoms with Crippen molar-refractivity contribution in [1.29, 1.82) is 0 Å². The van der Waals surface area contributed by atoms with E-state index < -0.39 is 5.97 Å². The van der Waals surface area contributed by atoms with Gasteiger partial charge < -0.3 is 9.47 Å². The maximum Gasteiger partial charge on any atom is 0.340 e. The first-order valence-corrected chi connectivity index (χ1v) is 7.94. The predicted octanol–water partition coefficient (Wildman–Crippen LogP) is 4.09. The molecule has 0 aliphatic heterocycles. The highest BCUT2D eigenvalue weighted by Gasteiger charge is 2.13. The molecule has 0 amide bonds. The van der Waals surface area contributed by atoms with Crippen molar-refractivity contribution in [3.8, 4) is 5.75 Å². The van der Waals surface area contributed by atoms with Crippen molar-refractivity contribution < 1.29 is 18.7 Å². The monoisotopic (exact) mass is 339 g/mol. The van der Waals surface area contributed by atoms with E-state index in [1.165, 1.54) is 12.1 Å². The van der Waals surface area contributed by atoms with E-state index in [4.69, 9.17) is 9.47 Å². The minimum Gasteiger partial charge on any atom is -0.497 e. The van der Waals surface area contributed by atoms with Gasteiger partial charge in [0, 0.05) is 17.9 Å². The molecule has 0 aliphatic rings. The van der Waals surface area contributed by atoms with Crippen LogP contribution in [0.15, 0.2) is 48.5 Å². The molecule has 0 saturated carbocycles. The number of carbonyl (C=O) groups is 1. The molecule has 128 valence electrons. The molecule has 0 bridgehead atoms. The number of ether oxygens (including phenoxy) is 2. The number of carbonyl (C=O) groups excluding carboxylic acids is 1. The van der Waals surface area contributed by atoms with E-state index in [2.05, 4.69) is 4.98 Å². The topological polar surface area (TPSA) is 48.4 Å². The van der Waals surface area contributed by atoms with Gasteiger partial charge in [0.05, 0.1) is 30.5 Å². The molecule has 4 nitrogen and oxygen atoms in total. The molecular formula is C20H18FNO3. The minimum atomic E-state index is -0.426. The Balaban J connectivity index is 1.67. The lowest BCUT2D eigenvalue weighted by Gasteiger charge is -2.09. The lowest BCUT2D eigenvalue weighted by molar-refractivity contribution is 0.0508. The highest BCUT2D eigenvalue weighted by atomic mass is 19.1. The number of rotatable bonds is 5. The third-order valence-corrected chi connectivity index (χ3v) is 3.97. The summed E-state index contributed by atoms with van der Waals surface area (Å²) in [4.78, 5) is 16.6. The van der Waals surface area contributed by atoms with Crippen molar-refractivity contribution in [2.45, 2.75) is 13.3 Å². The normalized spacial score (nSPS) is 10.7. The summed E-state index contributed by atoms with van der Waals surface area (Å²) in [7, 11) is 1.62. The van der Waals surface area contributed by atoms with Crippen molar-refractivity contribution in [3.63, 3.8) is 0 Å². The average Bonchev–Trinajstić information content (AvgIpc) is 2.61. The molecule has 0 spiro atoms. The van der Waals surface area contributed by atoms with E-state index in [0.717, 1.165) is 11.3 Å². The first-order valence-electron chi connectivity index (χ1n) is 7.94. The van der Waals surface area contributed by atoms with E-state index in [0.29, 0.717) is 28.6 Å². The highest BCUT2D eigenvalue weighted by molar-refractivity contribution is 5.95. The molecule has 1 aromatic heterocycles. The largest absolute Gasteiger partial charge is 0.497 e. The second-order valence-corrected chi connectivity index (χ2v) is 5.69. The molecule has 3 rings (SSSR count). The van der Waals surface area contributed by atoms with E-state index in [1.807, 2.05) is 24.3 Å². The molecule has 2 aromatic carbocycles. The Hall–Kier alpha value is -2.95. The summed E-state index contributed by atoms with van der Waals surface area (Å²) >= 11 is 0. The fraction of sp³-hybridized carbons (Fsp3) is 0.200. The molecule has 3 aromatic rings. The number of fused-ring (bicyclic) bond motifs is 1. The quantitative estimate of drug-likeness (QED) is 0.657. The first-order chi connectivity index (χ1) is 12.1. The Kier molecular flexibility index (Phi) is 4.93. The van der Waals surface area contributed by atoms with E-state index in [9.17, 15) is 9.18 Å². The third kappa shape index (κ3) is 3.94. The number of pyridine rings is 1. The number of halogens is 1. The number of hydrogen-bond donors (Lipinski definition) is 0. The second-order valence-electron chi connectivity index (χ2n) is 5.69. The Morgan fingerprint density at radius 2 is 1.88 bits per heavy atom. The van der Waals surface area contributed by atoms with Crippen LogP contribution in [-0.2, 0) is 11.2 Å². The van der Waals surface area contributed by atoms with Gasteiger partial charge in [0.2, 0.25) is 0 Å². The minimum absolute atomic E-state index is 0.270. The van der Waals surface area contributed by atoms with Gasteiger partial charge in [-0.2, -0.15) is 0 Å². The molecule has 0 radical (unpaired) electrons. The van der Waals surface area contributed by atoms with Gasteiger partial charge in [0.25, 0.3) is 0 Å².